The van der Waals surface area contributed by atoms with Gasteiger partial charge in [-0.15, -0.1) is 0 Å². The molecule has 1 aromatic carbocycles. The summed E-state index contributed by atoms with van der Waals surface area (Å²) in [6.45, 7) is 1.96. The Hall–Kier alpha value is -1.46. The molecule has 2 rings (SSSR count). The molecule has 0 aliphatic carbocycles. The predicted octanol–water partition coefficient (Wildman–Crippen LogP) is 3.10. The molecule has 0 radical (unpaired) electrons. The number of thioether (sulfide) groups is 1. The standard InChI is InChI=1S/C14H17NO3S/c1-9(15)6-7-19-8-12-13(14(16)17)10-4-2-3-5-11(10)18-12/h2-5,9H,6-8,15H2,1H3,(H,16,17). The number of hydrogen-bond acceptors (Lipinski definition) is 4. The summed E-state index contributed by atoms with van der Waals surface area (Å²) in [7, 11) is 0. The van der Waals surface area contributed by atoms with Gasteiger partial charge in [0.25, 0.3) is 0 Å². The first kappa shape index (κ1) is 14.0. The Morgan fingerprint density at radius 3 is 2.89 bits per heavy atom. The first-order valence-corrected chi connectivity index (χ1v) is 7.32. The van der Waals surface area contributed by atoms with Gasteiger partial charge in [0.1, 0.15) is 16.9 Å². The Morgan fingerprint density at radius 2 is 2.21 bits per heavy atom. The minimum Gasteiger partial charge on any atom is -0.478 e. The van der Waals surface area contributed by atoms with E-state index in [-0.39, 0.29) is 11.6 Å². The summed E-state index contributed by atoms with van der Waals surface area (Å²) in [5.74, 6) is 1.05. The van der Waals surface area contributed by atoms with Gasteiger partial charge in [-0.05, 0) is 25.2 Å². The van der Waals surface area contributed by atoms with Crippen LogP contribution in [0.1, 0.15) is 29.5 Å². The Morgan fingerprint density at radius 1 is 1.47 bits per heavy atom. The molecule has 0 fully saturated rings. The minimum absolute atomic E-state index is 0.169. The van der Waals surface area contributed by atoms with Gasteiger partial charge >= 0.3 is 5.97 Å². The zero-order valence-electron chi connectivity index (χ0n) is 10.8. The molecule has 1 atom stereocenters. The average molecular weight is 279 g/mol. The van der Waals surface area contributed by atoms with E-state index in [4.69, 9.17) is 10.2 Å². The fourth-order valence-electron chi connectivity index (χ4n) is 1.87. The lowest BCUT2D eigenvalue weighted by Gasteiger charge is -2.03. The molecule has 1 aromatic heterocycles. The number of aromatic carboxylic acids is 1. The van der Waals surface area contributed by atoms with Crippen LogP contribution in [0.5, 0.6) is 0 Å². The molecule has 0 aliphatic heterocycles. The van der Waals surface area contributed by atoms with Gasteiger partial charge < -0.3 is 15.3 Å². The first-order chi connectivity index (χ1) is 9.09. The van der Waals surface area contributed by atoms with E-state index in [0.717, 1.165) is 12.2 Å². The highest BCUT2D eigenvalue weighted by molar-refractivity contribution is 7.98. The van der Waals surface area contributed by atoms with Crippen molar-refractivity contribution in [1.29, 1.82) is 0 Å². The highest BCUT2D eigenvalue weighted by atomic mass is 32.2. The molecule has 0 saturated heterocycles. The molecular weight excluding hydrogens is 262 g/mol. The van der Waals surface area contributed by atoms with Crippen LogP contribution in [0.15, 0.2) is 28.7 Å². The molecule has 0 bridgehead atoms. The maximum atomic E-state index is 11.3. The molecule has 0 amide bonds. The van der Waals surface area contributed by atoms with Crippen LogP contribution in [-0.4, -0.2) is 22.9 Å². The summed E-state index contributed by atoms with van der Waals surface area (Å²) in [6.07, 6.45) is 0.910. The lowest BCUT2D eigenvalue weighted by atomic mass is 10.1. The van der Waals surface area contributed by atoms with Crippen LogP contribution >= 0.6 is 11.8 Å². The summed E-state index contributed by atoms with van der Waals surface area (Å²) >= 11 is 1.64. The van der Waals surface area contributed by atoms with Gasteiger partial charge in [-0.25, -0.2) is 4.79 Å². The van der Waals surface area contributed by atoms with Crippen LogP contribution in [0.25, 0.3) is 11.0 Å². The van der Waals surface area contributed by atoms with Crippen LogP contribution in [0, 0.1) is 0 Å². The number of furan rings is 1. The third-order valence-corrected chi connectivity index (χ3v) is 3.82. The predicted molar refractivity (Wildman–Crippen MR) is 77.6 cm³/mol. The van der Waals surface area contributed by atoms with Crippen molar-refractivity contribution in [2.75, 3.05) is 5.75 Å². The minimum atomic E-state index is -0.937. The van der Waals surface area contributed by atoms with Crippen LogP contribution in [0.3, 0.4) is 0 Å². The molecule has 3 N–H and O–H groups in total. The van der Waals surface area contributed by atoms with Gasteiger partial charge in [-0.2, -0.15) is 11.8 Å². The quantitative estimate of drug-likeness (QED) is 0.795. The molecule has 19 heavy (non-hydrogen) atoms. The van der Waals surface area contributed by atoms with Crippen molar-refractivity contribution in [3.8, 4) is 0 Å². The second-order valence-electron chi connectivity index (χ2n) is 4.52. The number of carboxylic acid groups (broad SMARTS) is 1. The number of para-hydroxylation sites is 1. The zero-order valence-corrected chi connectivity index (χ0v) is 11.6. The molecular formula is C14H17NO3S. The van der Waals surface area contributed by atoms with E-state index < -0.39 is 5.97 Å². The molecule has 1 heterocycles. The van der Waals surface area contributed by atoms with Gasteiger partial charge in [0, 0.05) is 11.4 Å². The van der Waals surface area contributed by atoms with Crippen LogP contribution < -0.4 is 5.73 Å². The number of nitrogens with two attached hydrogens (primary N) is 1. The second-order valence-corrected chi connectivity index (χ2v) is 5.63. The highest BCUT2D eigenvalue weighted by Gasteiger charge is 2.19. The van der Waals surface area contributed by atoms with Crippen molar-refractivity contribution >= 4 is 28.7 Å². The SMILES string of the molecule is CC(N)CCSCc1oc2ccccc2c1C(=O)O. The number of hydrogen-bond donors (Lipinski definition) is 2. The zero-order chi connectivity index (χ0) is 13.8. The Balaban J connectivity index is 2.17. The summed E-state index contributed by atoms with van der Waals surface area (Å²) < 4.78 is 5.63. The Kier molecular flexibility index (Phi) is 4.50. The molecule has 4 nitrogen and oxygen atoms in total. The maximum Gasteiger partial charge on any atom is 0.339 e. The van der Waals surface area contributed by atoms with Crippen LogP contribution in [-0.2, 0) is 5.75 Å². The molecule has 0 spiro atoms. The summed E-state index contributed by atoms with van der Waals surface area (Å²) in [5, 5.41) is 9.97. The van der Waals surface area contributed by atoms with Crippen molar-refractivity contribution in [2.24, 2.45) is 5.73 Å². The Labute approximate surface area is 116 Å². The van der Waals surface area contributed by atoms with E-state index in [1.165, 1.54) is 0 Å². The van der Waals surface area contributed by atoms with Gasteiger partial charge in [-0.1, -0.05) is 18.2 Å². The number of rotatable bonds is 6. The van der Waals surface area contributed by atoms with E-state index in [1.807, 2.05) is 19.1 Å². The fraction of sp³-hybridized carbons (Fsp3) is 0.357. The molecule has 102 valence electrons. The van der Waals surface area contributed by atoms with E-state index in [1.54, 1.807) is 23.9 Å². The van der Waals surface area contributed by atoms with Crippen molar-refractivity contribution in [3.05, 3.63) is 35.6 Å². The van der Waals surface area contributed by atoms with Crippen molar-refractivity contribution in [2.45, 2.75) is 25.1 Å². The molecule has 5 heteroatoms. The van der Waals surface area contributed by atoms with Gasteiger partial charge in [-0.3, -0.25) is 0 Å². The summed E-state index contributed by atoms with van der Waals surface area (Å²) in [5.41, 5.74) is 6.59. The lowest BCUT2D eigenvalue weighted by Crippen LogP contribution is -2.15. The number of benzene rings is 1. The van der Waals surface area contributed by atoms with Gasteiger partial charge in [0.15, 0.2) is 0 Å². The highest BCUT2D eigenvalue weighted by Crippen LogP contribution is 2.28. The summed E-state index contributed by atoms with van der Waals surface area (Å²) in [6, 6.07) is 7.39. The van der Waals surface area contributed by atoms with Crippen molar-refractivity contribution in [3.63, 3.8) is 0 Å². The Bertz CT molecular complexity index is 577. The molecule has 0 saturated carbocycles. The van der Waals surface area contributed by atoms with Crippen molar-refractivity contribution < 1.29 is 14.3 Å². The number of fused-ring (bicyclic) bond motifs is 1. The smallest absolute Gasteiger partial charge is 0.339 e. The molecule has 1 unspecified atom stereocenters. The average Bonchev–Trinajstić information content (AvgIpc) is 2.72. The van der Waals surface area contributed by atoms with Gasteiger partial charge in [0.2, 0.25) is 0 Å². The van der Waals surface area contributed by atoms with Crippen molar-refractivity contribution in [1.82, 2.24) is 0 Å². The normalized spacial score (nSPS) is 12.7. The lowest BCUT2D eigenvalue weighted by molar-refractivity contribution is 0.0697. The number of carboxylic acids is 1. The van der Waals surface area contributed by atoms with Crippen LogP contribution in [0.2, 0.25) is 0 Å². The van der Waals surface area contributed by atoms with Gasteiger partial charge in [0.05, 0.1) is 5.75 Å². The first-order valence-electron chi connectivity index (χ1n) is 6.16. The number of carbonyl (C=O) groups is 1. The molecule has 0 aliphatic rings. The third-order valence-electron chi connectivity index (χ3n) is 2.83. The molecule has 2 aromatic rings. The topological polar surface area (TPSA) is 76.5 Å². The second kappa shape index (κ2) is 6.12. The van der Waals surface area contributed by atoms with Crippen LogP contribution in [0.4, 0.5) is 0 Å². The third kappa shape index (κ3) is 3.30. The fourth-order valence-corrected chi connectivity index (χ4v) is 2.94. The maximum absolute atomic E-state index is 11.3. The summed E-state index contributed by atoms with van der Waals surface area (Å²) in [4.78, 5) is 11.3. The largest absolute Gasteiger partial charge is 0.478 e. The van der Waals surface area contributed by atoms with E-state index in [2.05, 4.69) is 0 Å². The van der Waals surface area contributed by atoms with E-state index in [0.29, 0.717) is 22.5 Å². The van der Waals surface area contributed by atoms with E-state index >= 15 is 0 Å². The monoisotopic (exact) mass is 279 g/mol. The van der Waals surface area contributed by atoms with E-state index in [9.17, 15) is 9.90 Å².